The summed E-state index contributed by atoms with van der Waals surface area (Å²) < 4.78 is 0. The van der Waals surface area contributed by atoms with Crippen LogP contribution in [0.1, 0.15) is 59.7 Å². The lowest BCUT2D eigenvalue weighted by Crippen LogP contribution is -1.73. The molecule has 0 amide bonds. The third-order valence-corrected chi connectivity index (χ3v) is 1.84. The molecule has 0 unspecified atom stereocenters. The summed E-state index contributed by atoms with van der Waals surface area (Å²) in [6.07, 6.45) is 8.76. The number of hydrogen-bond donors (Lipinski definition) is 0. The first kappa shape index (κ1) is 26.7. The van der Waals surface area contributed by atoms with Crippen molar-refractivity contribution in [1.29, 1.82) is 0 Å². The summed E-state index contributed by atoms with van der Waals surface area (Å²) in [7, 11) is 0. The largest absolute Gasteiger partial charge is 0.265 e. The van der Waals surface area contributed by atoms with Gasteiger partial charge >= 0.3 is 0 Å². The summed E-state index contributed by atoms with van der Waals surface area (Å²) in [6, 6.07) is 9.55. The number of aromatic nitrogens is 2. The summed E-state index contributed by atoms with van der Waals surface area (Å²) in [5.74, 6) is 0.833. The zero-order chi connectivity index (χ0) is 19.2. The smallest absolute Gasteiger partial charge is 0.0623 e. The summed E-state index contributed by atoms with van der Waals surface area (Å²) >= 11 is 0. The van der Waals surface area contributed by atoms with E-state index < -0.39 is 0 Å². The molecule has 0 spiro atoms. The Kier molecular flexibility index (Phi) is 25.6. The van der Waals surface area contributed by atoms with E-state index in [2.05, 4.69) is 43.9 Å². The second kappa shape index (κ2) is 23.1. The summed E-state index contributed by atoms with van der Waals surface area (Å²) in [6.45, 7) is 21.7. The Morgan fingerprint density at radius 2 is 1.29 bits per heavy atom. The highest BCUT2D eigenvalue weighted by Gasteiger charge is 1.77. The fourth-order valence-corrected chi connectivity index (χ4v) is 0.996. The van der Waals surface area contributed by atoms with Gasteiger partial charge in [-0.1, -0.05) is 73.8 Å². The van der Waals surface area contributed by atoms with Crippen LogP contribution in [0.4, 0.5) is 0 Å². The van der Waals surface area contributed by atoms with Gasteiger partial charge in [0.25, 0.3) is 0 Å². The van der Waals surface area contributed by atoms with Crippen LogP contribution in [0.25, 0.3) is 12.2 Å². The molecule has 0 saturated carbocycles. The number of pyridine rings is 2. The highest BCUT2D eigenvalue weighted by Crippen LogP contribution is 1.95. The van der Waals surface area contributed by atoms with Crippen LogP contribution in [0.5, 0.6) is 0 Å². The van der Waals surface area contributed by atoms with Crippen molar-refractivity contribution >= 4 is 12.2 Å². The maximum absolute atomic E-state index is 3.98. The van der Waals surface area contributed by atoms with Crippen molar-refractivity contribution in [3.05, 3.63) is 73.3 Å². The van der Waals surface area contributed by atoms with Crippen molar-refractivity contribution in [2.24, 2.45) is 5.92 Å². The molecule has 0 aliphatic rings. The van der Waals surface area contributed by atoms with Crippen LogP contribution >= 0.6 is 0 Å². The lowest BCUT2D eigenvalue weighted by molar-refractivity contribution is 0.737. The van der Waals surface area contributed by atoms with E-state index in [1.54, 1.807) is 30.7 Å². The van der Waals surface area contributed by atoms with Crippen LogP contribution in [-0.2, 0) is 0 Å². The SMILES string of the molecule is C=Cc1ccccn1.C=Cc1ccncc1.CC.CC.CC(C)C. The molecule has 0 fully saturated rings. The third-order valence-electron chi connectivity index (χ3n) is 1.84. The van der Waals surface area contributed by atoms with E-state index in [1.165, 1.54) is 0 Å². The molecule has 24 heavy (non-hydrogen) atoms. The molecule has 0 atom stereocenters. The molecule has 0 N–H and O–H groups in total. The average Bonchev–Trinajstić information content (AvgIpc) is 2.66. The van der Waals surface area contributed by atoms with E-state index in [0.717, 1.165) is 17.2 Å². The standard InChI is InChI=1S/2C7H7N.C4H10.2C2H6/c1-2-7-3-5-8-6-4-7;1-2-7-5-3-4-6-8-7;1-4(2)3;2*1-2/h2*2-6H,1H2;4H,1-3H3;2*1-2H3. The zero-order valence-corrected chi connectivity index (χ0v) is 16.7. The minimum absolute atomic E-state index is 0.833. The fraction of sp³-hybridized carbons (Fsp3) is 0.364. The number of rotatable bonds is 2. The van der Waals surface area contributed by atoms with Gasteiger partial charge in [0, 0.05) is 18.6 Å². The lowest BCUT2D eigenvalue weighted by atomic mass is 10.3. The van der Waals surface area contributed by atoms with Crippen molar-refractivity contribution in [1.82, 2.24) is 9.97 Å². The second-order valence-corrected chi connectivity index (χ2v) is 4.68. The molecule has 0 bridgehead atoms. The van der Waals surface area contributed by atoms with E-state index in [0.29, 0.717) is 0 Å². The van der Waals surface area contributed by atoms with Gasteiger partial charge in [-0.2, -0.15) is 0 Å². The highest BCUT2D eigenvalue weighted by molar-refractivity contribution is 5.44. The Morgan fingerprint density at radius 1 is 0.792 bits per heavy atom. The van der Waals surface area contributed by atoms with Gasteiger partial charge in [0.15, 0.2) is 0 Å². The predicted octanol–water partition coefficient (Wildman–Crippen LogP) is 7.16. The molecule has 0 aliphatic heterocycles. The number of hydrogen-bond acceptors (Lipinski definition) is 2. The first-order valence-corrected chi connectivity index (χ1v) is 8.66. The predicted molar refractivity (Wildman–Crippen MR) is 112 cm³/mol. The van der Waals surface area contributed by atoms with Crippen LogP contribution in [0.2, 0.25) is 0 Å². The molecule has 0 aromatic carbocycles. The van der Waals surface area contributed by atoms with Gasteiger partial charge < -0.3 is 0 Å². The molecule has 134 valence electrons. The highest BCUT2D eigenvalue weighted by atomic mass is 14.6. The van der Waals surface area contributed by atoms with Gasteiger partial charge in [-0.05, 0) is 41.8 Å². The molecule has 2 heterocycles. The van der Waals surface area contributed by atoms with Gasteiger partial charge in [-0.25, -0.2) is 0 Å². The third kappa shape index (κ3) is 22.1. The maximum Gasteiger partial charge on any atom is 0.0623 e. The Bertz CT molecular complexity index is 416. The normalized spacial score (nSPS) is 7.67. The summed E-state index contributed by atoms with van der Waals surface area (Å²) in [5.41, 5.74) is 2.03. The molecular formula is C22H36N2. The monoisotopic (exact) mass is 328 g/mol. The van der Waals surface area contributed by atoms with Crippen molar-refractivity contribution in [3.8, 4) is 0 Å². The van der Waals surface area contributed by atoms with E-state index in [4.69, 9.17) is 0 Å². The van der Waals surface area contributed by atoms with Crippen LogP contribution < -0.4 is 0 Å². The number of nitrogens with zero attached hydrogens (tertiary/aromatic N) is 2. The Hall–Kier alpha value is -2.22. The quantitative estimate of drug-likeness (QED) is 0.584. The van der Waals surface area contributed by atoms with Gasteiger partial charge in [0.05, 0.1) is 5.69 Å². The van der Waals surface area contributed by atoms with Gasteiger partial charge in [-0.3, -0.25) is 9.97 Å². The maximum atomic E-state index is 3.98. The minimum atomic E-state index is 0.833. The Morgan fingerprint density at radius 3 is 1.54 bits per heavy atom. The molecule has 2 aromatic rings. The average molecular weight is 329 g/mol. The first-order chi connectivity index (χ1) is 11.6. The summed E-state index contributed by atoms with van der Waals surface area (Å²) in [4.78, 5) is 7.82. The zero-order valence-electron chi connectivity index (χ0n) is 16.7. The lowest BCUT2D eigenvalue weighted by Gasteiger charge is -1.84. The van der Waals surface area contributed by atoms with Crippen molar-refractivity contribution in [3.63, 3.8) is 0 Å². The van der Waals surface area contributed by atoms with Crippen molar-refractivity contribution < 1.29 is 0 Å². The van der Waals surface area contributed by atoms with Gasteiger partial charge in [-0.15, -0.1) is 0 Å². The van der Waals surface area contributed by atoms with E-state index >= 15 is 0 Å². The topological polar surface area (TPSA) is 25.8 Å². The van der Waals surface area contributed by atoms with Crippen LogP contribution in [-0.4, -0.2) is 9.97 Å². The first-order valence-electron chi connectivity index (χ1n) is 8.66. The Labute approximate surface area is 150 Å². The molecule has 0 saturated heterocycles. The molecule has 2 heteroatoms. The van der Waals surface area contributed by atoms with Crippen molar-refractivity contribution in [2.45, 2.75) is 48.5 Å². The van der Waals surface area contributed by atoms with Crippen LogP contribution in [0.15, 0.2) is 62.1 Å². The molecule has 0 aliphatic carbocycles. The van der Waals surface area contributed by atoms with Crippen LogP contribution in [0.3, 0.4) is 0 Å². The van der Waals surface area contributed by atoms with E-state index in [1.807, 2.05) is 58.0 Å². The molecule has 2 nitrogen and oxygen atoms in total. The van der Waals surface area contributed by atoms with Gasteiger partial charge in [0.2, 0.25) is 0 Å². The minimum Gasteiger partial charge on any atom is -0.265 e. The molecule has 2 aromatic heterocycles. The Balaban J connectivity index is -0.000000261. The van der Waals surface area contributed by atoms with E-state index in [-0.39, 0.29) is 0 Å². The van der Waals surface area contributed by atoms with Gasteiger partial charge in [0.1, 0.15) is 0 Å². The second-order valence-electron chi connectivity index (χ2n) is 4.68. The fourth-order valence-electron chi connectivity index (χ4n) is 0.996. The molecule has 0 radical (unpaired) electrons. The van der Waals surface area contributed by atoms with E-state index in [9.17, 15) is 0 Å². The molecule has 2 rings (SSSR count). The van der Waals surface area contributed by atoms with Crippen LogP contribution in [0, 0.1) is 5.92 Å². The van der Waals surface area contributed by atoms with Crippen molar-refractivity contribution in [2.75, 3.05) is 0 Å². The molecular weight excluding hydrogens is 292 g/mol. The summed E-state index contributed by atoms with van der Waals surface area (Å²) in [5, 5.41) is 0.